The molecule has 0 saturated heterocycles. The van der Waals surface area contributed by atoms with Crippen LogP contribution in [0.25, 0.3) is 0 Å². The Morgan fingerprint density at radius 3 is 2.12 bits per heavy atom. The summed E-state index contributed by atoms with van der Waals surface area (Å²) < 4.78 is 0. The van der Waals surface area contributed by atoms with Gasteiger partial charge in [-0.15, -0.1) is 0 Å². The average molecular weight is 117 g/mol. The van der Waals surface area contributed by atoms with Crippen molar-refractivity contribution in [2.45, 2.75) is 26.4 Å². The molecular formula is C6H15NO. The number of hydrogen-bond donors (Lipinski definition) is 2. The molecule has 0 saturated carbocycles. The SMILES string of the molecule is CC(C)[C@H](O)CCN. The molecule has 0 rings (SSSR count). The van der Waals surface area contributed by atoms with Crippen molar-refractivity contribution < 1.29 is 5.11 Å². The van der Waals surface area contributed by atoms with Crippen molar-refractivity contribution in [3.8, 4) is 0 Å². The van der Waals surface area contributed by atoms with E-state index in [-0.39, 0.29) is 6.10 Å². The topological polar surface area (TPSA) is 46.2 Å². The number of aliphatic hydroxyl groups is 1. The Hall–Kier alpha value is -0.0800. The summed E-state index contributed by atoms with van der Waals surface area (Å²) in [5, 5.41) is 9.05. The lowest BCUT2D eigenvalue weighted by Gasteiger charge is -2.11. The molecule has 0 aliphatic carbocycles. The van der Waals surface area contributed by atoms with Crippen LogP contribution in [-0.4, -0.2) is 17.8 Å². The van der Waals surface area contributed by atoms with Gasteiger partial charge in [0, 0.05) is 0 Å². The zero-order valence-corrected chi connectivity index (χ0v) is 5.59. The molecule has 0 aromatic rings. The third-order valence-corrected chi connectivity index (χ3v) is 1.23. The Morgan fingerprint density at radius 1 is 1.50 bits per heavy atom. The minimum atomic E-state index is -0.208. The fourth-order valence-electron chi connectivity index (χ4n) is 0.504. The van der Waals surface area contributed by atoms with Gasteiger partial charge in [0.2, 0.25) is 0 Å². The smallest absolute Gasteiger partial charge is 0.0575 e. The first-order chi connectivity index (χ1) is 3.68. The first kappa shape index (κ1) is 7.92. The Morgan fingerprint density at radius 2 is 2.00 bits per heavy atom. The zero-order valence-electron chi connectivity index (χ0n) is 5.59. The summed E-state index contributed by atoms with van der Waals surface area (Å²) in [6, 6.07) is 0. The summed E-state index contributed by atoms with van der Waals surface area (Å²) in [4.78, 5) is 0. The molecule has 0 fully saturated rings. The summed E-state index contributed by atoms with van der Waals surface area (Å²) in [6.45, 7) is 4.56. The molecule has 1 atom stereocenters. The molecule has 50 valence electrons. The molecule has 0 spiro atoms. The van der Waals surface area contributed by atoms with Gasteiger partial charge in [0.05, 0.1) is 6.10 Å². The summed E-state index contributed by atoms with van der Waals surface area (Å²) in [7, 11) is 0. The maximum Gasteiger partial charge on any atom is 0.0575 e. The van der Waals surface area contributed by atoms with Gasteiger partial charge >= 0.3 is 0 Å². The molecule has 0 aromatic heterocycles. The number of hydrogen-bond acceptors (Lipinski definition) is 2. The molecule has 0 aromatic carbocycles. The standard InChI is InChI=1S/C6H15NO/c1-5(2)6(8)3-4-7/h5-6,8H,3-4,7H2,1-2H3/t6-/m1/s1. The summed E-state index contributed by atoms with van der Waals surface area (Å²) in [5.74, 6) is 0.346. The molecule has 0 bridgehead atoms. The Labute approximate surface area is 50.7 Å². The maximum atomic E-state index is 9.05. The van der Waals surface area contributed by atoms with E-state index in [0.29, 0.717) is 12.5 Å². The van der Waals surface area contributed by atoms with Crippen LogP contribution in [0.2, 0.25) is 0 Å². The lowest BCUT2D eigenvalue weighted by atomic mass is 10.1. The summed E-state index contributed by atoms with van der Waals surface area (Å²) >= 11 is 0. The predicted octanol–water partition coefficient (Wildman–Crippen LogP) is 0.352. The first-order valence-electron chi connectivity index (χ1n) is 3.06. The highest BCUT2D eigenvalue weighted by Gasteiger charge is 2.05. The van der Waals surface area contributed by atoms with Gasteiger partial charge in [-0.3, -0.25) is 0 Å². The fourth-order valence-corrected chi connectivity index (χ4v) is 0.504. The largest absolute Gasteiger partial charge is 0.393 e. The molecule has 0 radical (unpaired) electrons. The van der Waals surface area contributed by atoms with Crippen molar-refractivity contribution in [2.24, 2.45) is 11.7 Å². The highest BCUT2D eigenvalue weighted by Crippen LogP contribution is 2.02. The van der Waals surface area contributed by atoms with E-state index < -0.39 is 0 Å². The maximum absolute atomic E-state index is 9.05. The molecule has 2 heteroatoms. The molecule has 0 heterocycles. The zero-order chi connectivity index (χ0) is 6.57. The van der Waals surface area contributed by atoms with Crippen molar-refractivity contribution >= 4 is 0 Å². The Balaban J connectivity index is 3.17. The van der Waals surface area contributed by atoms with Crippen LogP contribution in [0.15, 0.2) is 0 Å². The number of rotatable bonds is 3. The normalized spacial score (nSPS) is 14.6. The molecule has 8 heavy (non-hydrogen) atoms. The van der Waals surface area contributed by atoms with E-state index in [1.54, 1.807) is 0 Å². The molecule has 2 nitrogen and oxygen atoms in total. The quantitative estimate of drug-likeness (QED) is 0.560. The van der Waals surface area contributed by atoms with Gasteiger partial charge in [-0.05, 0) is 18.9 Å². The average Bonchev–Trinajstić information content (AvgIpc) is 1.67. The van der Waals surface area contributed by atoms with Crippen LogP contribution >= 0.6 is 0 Å². The van der Waals surface area contributed by atoms with Crippen LogP contribution in [0.1, 0.15) is 20.3 Å². The summed E-state index contributed by atoms with van der Waals surface area (Å²) in [6.07, 6.45) is 0.512. The second-order valence-electron chi connectivity index (χ2n) is 2.39. The predicted molar refractivity (Wildman–Crippen MR) is 34.5 cm³/mol. The van der Waals surface area contributed by atoms with Crippen molar-refractivity contribution in [3.05, 3.63) is 0 Å². The lowest BCUT2D eigenvalue weighted by Crippen LogP contribution is -2.18. The minimum Gasteiger partial charge on any atom is -0.393 e. The number of nitrogens with two attached hydrogens (primary N) is 1. The van der Waals surface area contributed by atoms with Gasteiger partial charge in [-0.1, -0.05) is 13.8 Å². The fraction of sp³-hybridized carbons (Fsp3) is 1.00. The molecule has 0 aliphatic rings. The van der Waals surface area contributed by atoms with E-state index in [1.807, 2.05) is 13.8 Å². The molecule has 0 aliphatic heterocycles. The van der Waals surface area contributed by atoms with Crippen LogP contribution in [0.3, 0.4) is 0 Å². The van der Waals surface area contributed by atoms with Gasteiger partial charge in [0.25, 0.3) is 0 Å². The monoisotopic (exact) mass is 117 g/mol. The van der Waals surface area contributed by atoms with Gasteiger partial charge in [-0.25, -0.2) is 0 Å². The molecule has 0 unspecified atom stereocenters. The van der Waals surface area contributed by atoms with Crippen molar-refractivity contribution in [2.75, 3.05) is 6.54 Å². The van der Waals surface area contributed by atoms with E-state index in [9.17, 15) is 0 Å². The third kappa shape index (κ3) is 2.99. The van der Waals surface area contributed by atoms with Crippen LogP contribution < -0.4 is 5.73 Å². The molecular weight excluding hydrogens is 102 g/mol. The van der Waals surface area contributed by atoms with Gasteiger partial charge in [0.1, 0.15) is 0 Å². The van der Waals surface area contributed by atoms with Crippen LogP contribution in [-0.2, 0) is 0 Å². The second-order valence-corrected chi connectivity index (χ2v) is 2.39. The highest BCUT2D eigenvalue weighted by atomic mass is 16.3. The van der Waals surface area contributed by atoms with E-state index >= 15 is 0 Å². The van der Waals surface area contributed by atoms with Crippen LogP contribution in [0.4, 0.5) is 0 Å². The van der Waals surface area contributed by atoms with Crippen molar-refractivity contribution in [1.29, 1.82) is 0 Å². The van der Waals surface area contributed by atoms with E-state index in [1.165, 1.54) is 0 Å². The molecule has 0 amide bonds. The highest BCUT2D eigenvalue weighted by molar-refractivity contribution is 4.58. The van der Waals surface area contributed by atoms with Crippen LogP contribution in [0.5, 0.6) is 0 Å². The van der Waals surface area contributed by atoms with Gasteiger partial charge in [-0.2, -0.15) is 0 Å². The van der Waals surface area contributed by atoms with E-state index in [2.05, 4.69) is 0 Å². The Bertz CT molecular complexity index is 54.5. The van der Waals surface area contributed by atoms with E-state index in [4.69, 9.17) is 10.8 Å². The van der Waals surface area contributed by atoms with Gasteiger partial charge in [0.15, 0.2) is 0 Å². The first-order valence-corrected chi connectivity index (χ1v) is 3.06. The minimum absolute atomic E-state index is 0.208. The number of aliphatic hydroxyl groups excluding tert-OH is 1. The third-order valence-electron chi connectivity index (χ3n) is 1.23. The Kier molecular flexibility index (Phi) is 3.83. The van der Waals surface area contributed by atoms with Crippen LogP contribution in [0, 0.1) is 5.92 Å². The lowest BCUT2D eigenvalue weighted by molar-refractivity contribution is 0.119. The summed E-state index contributed by atoms with van der Waals surface area (Å²) in [5.41, 5.74) is 5.21. The second kappa shape index (κ2) is 3.87. The van der Waals surface area contributed by atoms with Crippen molar-refractivity contribution in [1.82, 2.24) is 0 Å². The van der Waals surface area contributed by atoms with Gasteiger partial charge < -0.3 is 10.8 Å². The van der Waals surface area contributed by atoms with Crippen molar-refractivity contribution in [3.63, 3.8) is 0 Å². The molecule has 3 N–H and O–H groups in total. The van der Waals surface area contributed by atoms with E-state index in [0.717, 1.165) is 6.42 Å².